The van der Waals surface area contributed by atoms with Crippen LogP contribution in [0.1, 0.15) is 25.0 Å². The van der Waals surface area contributed by atoms with E-state index in [2.05, 4.69) is 0 Å². The van der Waals surface area contributed by atoms with Gasteiger partial charge in [0.05, 0.1) is 40.6 Å². The molecule has 0 bridgehead atoms. The molecule has 2 aliphatic heterocycles. The summed E-state index contributed by atoms with van der Waals surface area (Å²) in [6.07, 6.45) is -14.9. The molecule has 0 spiro atoms. The van der Waals surface area contributed by atoms with E-state index in [9.17, 15) is 46.0 Å². The molecule has 18 heteroatoms. The molecule has 54 heavy (non-hydrogen) atoms. The topological polar surface area (TPSA) is 297 Å². The summed E-state index contributed by atoms with van der Waals surface area (Å²) in [5, 5.41) is 100. The maximum atomic E-state index is 10.7. The van der Waals surface area contributed by atoms with Gasteiger partial charge in [-0.25, -0.2) is 0 Å². The van der Waals surface area contributed by atoms with Crippen molar-refractivity contribution in [1.82, 2.24) is 0 Å². The van der Waals surface area contributed by atoms with E-state index >= 15 is 0 Å². The summed E-state index contributed by atoms with van der Waals surface area (Å²) >= 11 is 0. The standard InChI is InChI=1S/C36H54N2O16/c1-36(2,35(37)38)54-22-8-6-18(12-24(22)49-4)10-20(16-51-34-32(47)30(45)28(43)26(14-40)53-34)19(9-17-5-7-21(41)23(11-17)48-3)15-50-33-31(46)29(44)27(42)25(13-39)52-33/h5-8,11-12,19-20,25-34,39-47H,9-10,13-16H2,1-4H3,(H3,37,38)/t19-,20-,25-,26-,27-,28-,29+,30+,31-,32-,33-,34-/m1/s1. The van der Waals surface area contributed by atoms with E-state index in [-0.39, 0.29) is 43.4 Å². The molecule has 18 nitrogen and oxygen atoms in total. The third-order valence-electron chi connectivity index (χ3n) is 9.79. The van der Waals surface area contributed by atoms with Crippen molar-refractivity contribution < 1.29 is 79.1 Å². The molecule has 0 aliphatic carbocycles. The van der Waals surface area contributed by atoms with E-state index in [1.807, 2.05) is 0 Å². The van der Waals surface area contributed by atoms with Crippen molar-refractivity contribution in [3.05, 3.63) is 47.5 Å². The van der Waals surface area contributed by atoms with E-state index < -0.39 is 92.1 Å². The Morgan fingerprint density at radius 2 is 1.15 bits per heavy atom. The van der Waals surface area contributed by atoms with Gasteiger partial charge in [-0.05, 0) is 73.9 Å². The largest absolute Gasteiger partial charge is 0.504 e. The maximum Gasteiger partial charge on any atom is 0.186 e. The van der Waals surface area contributed by atoms with Crippen molar-refractivity contribution in [3.8, 4) is 23.0 Å². The van der Waals surface area contributed by atoms with Gasteiger partial charge in [0.2, 0.25) is 0 Å². The molecule has 2 aromatic carbocycles. The highest BCUT2D eigenvalue weighted by molar-refractivity contribution is 5.85. The van der Waals surface area contributed by atoms with Gasteiger partial charge in [0.1, 0.15) is 54.7 Å². The first-order valence-electron chi connectivity index (χ1n) is 17.5. The van der Waals surface area contributed by atoms with Crippen molar-refractivity contribution in [1.29, 1.82) is 5.41 Å². The number of aliphatic hydroxyl groups excluding tert-OH is 8. The summed E-state index contributed by atoms with van der Waals surface area (Å²) in [5.74, 6) is -0.610. The van der Waals surface area contributed by atoms with Gasteiger partial charge in [-0.3, -0.25) is 5.41 Å². The number of rotatable bonds is 18. The molecular weight excluding hydrogens is 716 g/mol. The van der Waals surface area contributed by atoms with Crippen LogP contribution in [0.3, 0.4) is 0 Å². The molecule has 2 aliphatic rings. The zero-order valence-electron chi connectivity index (χ0n) is 30.6. The van der Waals surface area contributed by atoms with Gasteiger partial charge >= 0.3 is 0 Å². The molecule has 2 fully saturated rings. The molecule has 2 saturated heterocycles. The Hall–Kier alpha value is -3.37. The number of aromatic hydroxyl groups is 1. The van der Waals surface area contributed by atoms with Gasteiger partial charge in [0.15, 0.2) is 41.2 Å². The fourth-order valence-electron chi connectivity index (χ4n) is 6.28. The number of ether oxygens (including phenoxy) is 7. The van der Waals surface area contributed by atoms with E-state index in [4.69, 9.17) is 44.3 Å². The van der Waals surface area contributed by atoms with Crippen LogP contribution >= 0.6 is 0 Å². The molecule has 2 heterocycles. The normalized spacial score (nSPS) is 30.0. The molecule has 0 unspecified atom stereocenters. The first-order chi connectivity index (χ1) is 25.5. The van der Waals surface area contributed by atoms with E-state index in [1.54, 1.807) is 44.2 Å². The van der Waals surface area contributed by atoms with Gasteiger partial charge in [0, 0.05) is 0 Å². The SMILES string of the molecule is COc1cc(C[C@H](CO[C@@H]2O[C@H](CO)[C@@H](O)[C@H](O)[C@H]2O)[C@@H](CO[C@@H]2O[C@H](CO)[C@@H](O)[C@H](O)[C@H]2O)Cc2ccc(OC(C)(C)C(=N)N)c(OC)c2)ccc1O. The average Bonchev–Trinajstić information content (AvgIpc) is 3.15. The molecule has 2 aromatic rings. The molecular formula is C36H54N2O16. The lowest BCUT2D eigenvalue weighted by atomic mass is 9.83. The Labute approximate surface area is 312 Å². The minimum Gasteiger partial charge on any atom is -0.504 e. The third-order valence-corrected chi connectivity index (χ3v) is 9.79. The van der Waals surface area contributed by atoms with Crippen LogP contribution in [-0.4, -0.2) is 159 Å². The fourth-order valence-corrected chi connectivity index (χ4v) is 6.28. The van der Waals surface area contributed by atoms with Crippen LogP contribution in [0.15, 0.2) is 36.4 Å². The molecule has 0 radical (unpaired) electrons. The second-order valence-corrected chi connectivity index (χ2v) is 14.0. The van der Waals surface area contributed by atoms with E-state index in [0.717, 1.165) is 0 Å². The quantitative estimate of drug-likeness (QED) is 0.0586. The number of methoxy groups -OCH3 is 2. The minimum absolute atomic E-state index is 0.0970. The molecule has 4 rings (SSSR count). The van der Waals surface area contributed by atoms with Crippen LogP contribution in [0.25, 0.3) is 0 Å². The van der Waals surface area contributed by atoms with Gasteiger partial charge in [-0.1, -0.05) is 12.1 Å². The van der Waals surface area contributed by atoms with Gasteiger partial charge in [0.25, 0.3) is 0 Å². The number of nitrogens with one attached hydrogen (secondary N) is 1. The summed E-state index contributed by atoms with van der Waals surface area (Å²) in [7, 11) is 2.84. The maximum absolute atomic E-state index is 10.7. The smallest absolute Gasteiger partial charge is 0.186 e. The minimum atomic E-state index is -1.69. The van der Waals surface area contributed by atoms with E-state index in [0.29, 0.717) is 22.6 Å². The first kappa shape index (κ1) is 43.4. The highest BCUT2D eigenvalue weighted by Gasteiger charge is 2.46. The Kier molecular flexibility index (Phi) is 15.2. The second-order valence-electron chi connectivity index (χ2n) is 14.0. The van der Waals surface area contributed by atoms with Crippen LogP contribution < -0.4 is 19.9 Å². The van der Waals surface area contributed by atoms with Crippen molar-refractivity contribution in [2.75, 3.05) is 40.6 Å². The lowest BCUT2D eigenvalue weighted by molar-refractivity contribution is -0.308. The lowest BCUT2D eigenvalue weighted by Gasteiger charge is -2.41. The summed E-state index contributed by atoms with van der Waals surface area (Å²) in [4.78, 5) is 0. The summed E-state index contributed by atoms with van der Waals surface area (Å²) in [5.41, 5.74) is 5.95. The average molecular weight is 771 g/mol. The zero-order valence-corrected chi connectivity index (χ0v) is 30.6. The molecule has 0 aromatic heterocycles. The zero-order chi connectivity index (χ0) is 39.9. The predicted octanol–water partition coefficient (Wildman–Crippen LogP) is -1.85. The second kappa shape index (κ2) is 19.0. The van der Waals surface area contributed by atoms with Crippen LogP contribution in [-0.2, 0) is 31.8 Å². The number of amidine groups is 1. The Morgan fingerprint density at radius 1 is 0.704 bits per heavy atom. The van der Waals surface area contributed by atoms with Gasteiger partial charge < -0.3 is 84.9 Å². The van der Waals surface area contributed by atoms with Crippen molar-refractivity contribution in [2.24, 2.45) is 17.6 Å². The Bertz CT molecular complexity index is 1510. The summed E-state index contributed by atoms with van der Waals surface area (Å²) < 4.78 is 40.2. The van der Waals surface area contributed by atoms with Crippen molar-refractivity contribution >= 4 is 5.84 Å². The number of aliphatic hydroxyl groups is 8. The number of phenolic OH excluding ortho intramolecular Hbond substituents is 1. The van der Waals surface area contributed by atoms with Crippen molar-refractivity contribution in [3.63, 3.8) is 0 Å². The molecule has 0 saturated carbocycles. The van der Waals surface area contributed by atoms with Crippen LogP contribution in [0.4, 0.5) is 0 Å². The lowest BCUT2D eigenvalue weighted by Crippen LogP contribution is -2.59. The highest BCUT2D eigenvalue weighted by atomic mass is 16.7. The molecule has 304 valence electrons. The number of hydrogen-bond donors (Lipinski definition) is 11. The Morgan fingerprint density at radius 3 is 1.57 bits per heavy atom. The third kappa shape index (κ3) is 10.3. The summed E-state index contributed by atoms with van der Waals surface area (Å²) in [6, 6.07) is 9.87. The molecule has 12 atom stereocenters. The van der Waals surface area contributed by atoms with Gasteiger partial charge in [-0.2, -0.15) is 0 Å². The van der Waals surface area contributed by atoms with E-state index in [1.165, 1.54) is 20.3 Å². The number of phenols is 1. The van der Waals surface area contributed by atoms with Crippen LogP contribution in [0.2, 0.25) is 0 Å². The van der Waals surface area contributed by atoms with Crippen molar-refractivity contribution in [2.45, 2.75) is 93.7 Å². The summed E-state index contributed by atoms with van der Waals surface area (Å²) in [6.45, 7) is 1.57. The monoisotopic (exact) mass is 770 g/mol. The van der Waals surface area contributed by atoms with Crippen LogP contribution in [0.5, 0.6) is 23.0 Å². The van der Waals surface area contributed by atoms with Crippen LogP contribution in [0, 0.1) is 17.2 Å². The Balaban J connectivity index is 1.71. The molecule has 12 N–H and O–H groups in total. The number of hydrogen-bond acceptors (Lipinski definition) is 17. The predicted molar refractivity (Wildman–Crippen MR) is 188 cm³/mol. The number of benzene rings is 2. The number of nitrogens with two attached hydrogens (primary N) is 1. The fraction of sp³-hybridized carbons (Fsp3) is 0.639. The van der Waals surface area contributed by atoms with Gasteiger partial charge in [-0.15, -0.1) is 0 Å². The molecule has 0 amide bonds. The first-order valence-corrected chi connectivity index (χ1v) is 17.5. The highest BCUT2D eigenvalue weighted by Crippen LogP contribution is 2.35.